The molecule has 4 rings (SSSR count). The Kier molecular flexibility index (Phi) is 11.3. The van der Waals surface area contributed by atoms with E-state index in [2.05, 4.69) is 10.3 Å². The molecule has 1 saturated heterocycles. The van der Waals surface area contributed by atoms with Crippen LogP contribution < -0.4 is 10.1 Å². The molecule has 0 spiro atoms. The van der Waals surface area contributed by atoms with E-state index >= 15 is 0 Å². The summed E-state index contributed by atoms with van der Waals surface area (Å²) in [5, 5.41) is 2.85. The highest BCUT2D eigenvalue weighted by Gasteiger charge is 2.42. The number of pyridine rings is 1. The van der Waals surface area contributed by atoms with E-state index in [-0.39, 0.29) is 26.1 Å². The first-order valence-corrected chi connectivity index (χ1v) is 15.2. The summed E-state index contributed by atoms with van der Waals surface area (Å²) in [4.78, 5) is 73.0. The first-order chi connectivity index (χ1) is 22.4. The fourth-order valence-electron chi connectivity index (χ4n) is 5.23. The van der Waals surface area contributed by atoms with Crippen molar-refractivity contribution in [1.29, 1.82) is 0 Å². The molecule has 3 amide bonds. The normalized spacial score (nSPS) is 15.4. The minimum atomic E-state index is -1.25. The predicted octanol–water partition coefficient (Wildman–Crippen LogP) is 3.04. The molecule has 0 bridgehead atoms. The van der Waals surface area contributed by atoms with Gasteiger partial charge in [0, 0.05) is 37.5 Å². The maximum absolute atomic E-state index is 14.2. The monoisotopic (exact) mass is 644 g/mol. The van der Waals surface area contributed by atoms with Gasteiger partial charge in [0.15, 0.2) is 0 Å². The molecule has 12 nitrogen and oxygen atoms in total. The van der Waals surface area contributed by atoms with Gasteiger partial charge < -0.3 is 29.3 Å². The molecule has 248 valence electrons. The second-order valence-corrected chi connectivity index (χ2v) is 12.1. The van der Waals surface area contributed by atoms with Gasteiger partial charge in [-0.2, -0.15) is 0 Å². The molecular weight excluding hydrogens is 604 g/mol. The summed E-state index contributed by atoms with van der Waals surface area (Å²) >= 11 is 0. The number of esters is 2. The fraction of sp³-hybridized carbons (Fsp3) is 0.371. The van der Waals surface area contributed by atoms with E-state index < -0.39 is 53.8 Å². The Morgan fingerprint density at radius 2 is 1.53 bits per heavy atom. The van der Waals surface area contributed by atoms with Gasteiger partial charge in [0.25, 0.3) is 5.91 Å². The number of benzene rings is 2. The van der Waals surface area contributed by atoms with Crippen LogP contribution in [0.4, 0.5) is 0 Å². The Balaban J connectivity index is 1.59. The van der Waals surface area contributed by atoms with Gasteiger partial charge in [0.2, 0.25) is 11.8 Å². The van der Waals surface area contributed by atoms with Crippen LogP contribution in [0.25, 0.3) is 11.1 Å². The van der Waals surface area contributed by atoms with E-state index in [9.17, 15) is 24.0 Å². The molecule has 3 aromatic rings. The van der Waals surface area contributed by atoms with Crippen molar-refractivity contribution in [3.63, 3.8) is 0 Å². The Bertz CT molecular complexity index is 1570. The molecule has 12 heteroatoms. The molecule has 0 saturated carbocycles. The Labute approximate surface area is 274 Å². The van der Waals surface area contributed by atoms with Crippen LogP contribution in [0.2, 0.25) is 0 Å². The number of aromatic nitrogens is 1. The first-order valence-electron chi connectivity index (χ1n) is 15.2. The second kappa shape index (κ2) is 15.4. The molecule has 1 unspecified atom stereocenters. The average molecular weight is 645 g/mol. The third-order valence-electron chi connectivity index (χ3n) is 7.56. The zero-order chi connectivity index (χ0) is 34.1. The second-order valence-electron chi connectivity index (χ2n) is 12.1. The standard InChI is InChI=1S/C35H40N4O8/c1-35(2,3)47-31(41)22-38-18-19-39(29(34(38)44)21-30(40)46-5)33(43)28(20-23-6-12-27(45-4)13-7-23)37-32(42)26-10-8-24(9-11-26)25-14-16-36-17-15-25/h6-17,28-29H,18-22H2,1-5H3,(H,37,42)/t28?,29-/m0/s1. The molecule has 1 fully saturated rings. The van der Waals surface area contributed by atoms with Crippen LogP contribution in [-0.2, 0) is 35.1 Å². The molecule has 2 atom stereocenters. The maximum atomic E-state index is 14.2. The van der Waals surface area contributed by atoms with Crippen molar-refractivity contribution in [2.24, 2.45) is 0 Å². The van der Waals surface area contributed by atoms with Gasteiger partial charge in [0.1, 0.15) is 30.0 Å². The largest absolute Gasteiger partial charge is 0.497 e. The SMILES string of the molecule is COC(=O)C[C@H]1C(=O)N(CC(=O)OC(C)(C)C)CCN1C(=O)C(Cc1ccc(OC)cc1)NC(=O)c1ccc(-c2ccncc2)cc1. The van der Waals surface area contributed by atoms with Crippen molar-refractivity contribution in [3.8, 4) is 16.9 Å². The highest BCUT2D eigenvalue weighted by atomic mass is 16.6. The van der Waals surface area contributed by atoms with Crippen molar-refractivity contribution in [3.05, 3.63) is 84.2 Å². The summed E-state index contributed by atoms with van der Waals surface area (Å²) < 4.78 is 15.5. The summed E-state index contributed by atoms with van der Waals surface area (Å²) in [6, 6.07) is 15.4. The van der Waals surface area contributed by atoms with E-state index in [4.69, 9.17) is 14.2 Å². The Morgan fingerprint density at radius 1 is 0.894 bits per heavy atom. The average Bonchev–Trinajstić information content (AvgIpc) is 3.05. The van der Waals surface area contributed by atoms with E-state index in [1.54, 1.807) is 88.8 Å². The smallest absolute Gasteiger partial charge is 0.326 e. The van der Waals surface area contributed by atoms with Crippen LogP contribution in [0, 0.1) is 0 Å². The van der Waals surface area contributed by atoms with E-state index in [0.29, 0.717) is 11.3 Å². The lowest BCUT2D eigenvalue weighted by atomic mass is 10.00. The van der Waals surface area contributed by atoms with Crippen molar-refractivity contribution in [1.82, 2.24) is 20.1 Å². The molecule has 1 aliphatic rings. The van der Waals surface area contributed by atoms with Gasteiger partial charge in [-0.15, -0.1) is 0 Å². The summed E-state index contributed by atoms with van der Waals surface area (Å²) in [5.41, 5.74) is 2.14. The minimum Gasteiger partial charge on any atom is -0.497 e. The summed E-state index contributed by atoms with van der Waals surface area (Å²) in [6.07, 6.45) is 3.04. The number of methoxy groups -OCH3 is 2. The maximum Gasteiger partial charge on any atom is 0.326 e. The zero-order valence-corrected chi connectivity index (χ0v) is 27.2. The molecule has 0 aliphatic carbocycles. The number of amides is 3. The summed E-state index contributed by atoms with van der Waals surface area (Å²) in [6.45, 7) is 4.87. The van der Waals surface area contributed by atoms with Crippen molar-refractivity contribution >= 4 is 29.7 Å². The number of rotatable bonds is 11. The fourth-order valence-corrected chi connectivity index (χ4v) is 5.23. The van der Waals surface area contributed by atoms with Crippen LogP contribution in [0.5, 0.6) is 5.75 Å². The van der Waals surface area contributed by atoms with Gasteiger partial charge in [0.05, 0.1) is 20.6 Å². The van der Waals surface area contributed by atoms with Gasteiger partial charge in [-0.3, -0.25) is 29.0 Å². The summed E-state index contributed by atoms with van der Waals surface area (Å²) in [7, 11) is 2.73. The van der Waals surface area contributed by atoms with E-state index in [1.807, 2.05) is 12.1 Å². The third-order valence-corrected chi connectivity index (χ3v) is 7.56. The number of piperazine rings is 1. The lowest BCUT2D eigenvalue weighted by molar-refractivity contribution is -0.164. The number of nitrogens with one attached hydrogen (secondary N) is 1. The number of hydrogen-bond donors (Lipinski definition) is 1. The van der Waals surface area contributed by atoms with Crippen LogP contribution in [-0.4, -0.2) is 96.0 Å². The van der Waals surface area contributed by atoms with Gasteiger partial charge in [-0.25, -0.2) is 0 Å². The molecule has 1 aliphatic heterocycles. The van der Waals surface area contributed by atoms with Crippen molar-refractivity contribution < 1.29 is 38.2 Å². The number of hydrogen-bond acceptors (Lipinski definition) is 9. The number of carbonyl (C=O) groups excluding carboxylic acids is 5. The molecule has 0 radical (unpaired) electrons. The van der Waals surface area contributed by atoms with Crippen LogP contribution >= 0.6 is 0 Å². The van der Waals surface area contributed by atoms with Crippen LogP contribution in [0.3, 0.4) is 0 Å². The summed E-state index contributed by atoms with van der Waals surface area (Å²) in [5.74, 6) is -2.33. The molecule has 47 heavy (non-hydrogen) atoms. The van der Waals surface area contributed by atoms with Gasteiger partial charge in [-0.1, -0.05) is 24.3 Å². The quantitative estimate of drug-likeness (QED) is 0.312. The van der Waals surface area contributed by atoms with Gasteiger partial charge in [-0.05, 0) is 73.9 Å². The minimum absolute atomic E-state index is 0.0185. The number of nitrogens with zero attached hydrogens (tertiary/aromatic N) is 3. The molecule has 1 N–H and O–H groups in total. The molecule has 2 heterocycles. The predicted molar refractivity (Wildman–Crippen MR) is 172 cm³/mol. The topological polar surface area (TPSA) is 144 Å². The molecule has 1 aromatic heterocycles. The van der Waals surface area contributed by atoms with Crippen molar-refractivity contribution in [2.75, 3.05) is 33.9 Å². The lowest BCUT2D eigenvalue weighted by Gasteiger charge is -2.41. The van der Waals surface area contributed by atoms with Crippen molar-refractivity contribution in [2.45, 2.75) is 51.3 Å². The highest BCUT2D eigenvalue weighted by molar-refractivity contribution is 6.00. The zero-order valence-electron chi connectivity index (χ0n) is 27.2. The Morgan fingerprint density at radius 3 is 2.13 bits per heavy atom. The van der Waals surface area contributed by atoms with Crippen LogP contribution in [0.15, 0.2) is 73.1 Å². The molecule has 2 aromatic carbocycles. The number of ether oxygens (including phenoxy) is 3. The van der Waals surface area contributed by atoms with Crippen LogP contribution in [0.1, 0.15) is 43.1 Å². The van der Waals surface area contributed by atoms with E-state index in [0.717, 1.165) is 16.7 Å². The van der Waals surface area contributed by atoms with Gasteiger partial charge >= 0.3 is 11.9 Å². The van der Waals surface area contributed by atoms with E-state index in [1.165, 1.54) is 16.9 Å². The third kappa shape index (κ3) is 9.38. The molecular formula is C35H40N4O8. The first kappa shape index (κ1) is 34.6. The highest BCUT2D eigenvalue weighted by Crippen LogP contribution is 2.22. The number of carbonyl (C=O) groups is 5. The lowest BCUT2D eigenvalue weighted by Crippen LogP contribution is -2.63. The Hall–Kier alpha value is -5.26.